The number of nitrogens with zero attached hydrogens (tertiary/aromatic N) is 1. The summed E-state index contributed by atoms with van der Waals surface area (Å²) in [7, 11) is 1.60. The van der Waals surface area contributed by atoms with Gasteiger partial charge in [-0.05, 0) is 55.2 Å². The largest absolute Gasteiger partial charge is 0.497 e. The highest BCUT2D eigenvalue weighted by Gasteiger charge is 2.30. The topological polar surface area (TPSA) is 67.9 Å². The second-order valence-electron chi connectivity index (χ2n) is 8.50. The predicted molar refractivity (Wildman–Crippen MR) is 135 cm³/mol. The number of benzene rings is 2. The van der Waals surface area contributed by atoms with E-state index >= 15 is 0 Å². The van der Waals surface area contributed by atoms with Crippen molar-refractivity contribution in [1.82, 2.24) is 10.2 Å². The van der Waals surface area contributed by atoms with Crippen molar-refractivity contribution < 1.29 is 19.1 Å². The fourth-order valence-electron chi connectivity index (χ4n) is 4.25. The van der Waals surface area contributed by atoms with Gasteiger partial charge in [0, 0.05) is 17.6 Å². The van der Waals surface area contributed by atoms with Crippen LogP contribution < -0.4 is 14.8 Å². The molecule has 0 bridgehead atoms. The van der Waals surface area contributed by atoms with E-state index in [9.17, 15) is 9.59 Å². The Kier molecular flexibility index (Phi) is 9.90. The zero-order valence-corrected chi connectivity index (χ0v) is 21.2. The second-order valence-corrected chi connectivity index (χ2v) is 9.35. The van der Waals surface area contributed by atoms with E-state index in [1.165, 1.54) is 6.42 Å². The Hall–Kier alpha value is -2.44. The third-order valence-corrected chi connectivity index (χ3v) is 6.60. The number of ether oxygens (including phenoxy) is 2. The molecule has 1 saturated carbocycles. The molecule has 6 nitrogen and oxygen atoms in total. The monoisotopic (exact) mass is 506 g/mol. The summed E-state index contributed by atoms with van der Waals surface area (Å²) < 4.78 is 11.0. The molecule has 0 unspecified atom stereocenters. The Balaban J connectivity index is 1.78. The maximum atomic E-state index is 13.4. The number of carbonyl (C=O) groups is 2. The quantitative estimate of drug-likeness (QED) is 0.452. The van der Waals surface area contributed by atoms with E-state index in [2.05, 4.69) is 5.32 Å². The van der Waals surface area contributed by atoms with Crippen LogP contribution in [0.3, 0.4) is 0 Å². The van der Waals surface area contributed by atoms with E-state index in [4.69, 9.17) is 32.7 Å². The highest BCUT2D eigenvalue weighted by molar-refractivity contribution is 6.35. The van der Waals surface area contributed by atoms with Gasteiger partial charge in [-0.3, -0.25) is 9.59 Å². The summed E-state index contributed by atoms with van der Waals surface area (Å²) in [6, 6.07) is 11.8. The summed E-state index contributed by atoms with van der Waals surface area (Å²) in [5, 5.41) is 3.97. The molecular formula is C26H32Cl2N2O4. The Bertz CT molecular complexity index is 979. The van der Waals surface area contributed by atoms with Crippen molar-refractivity contribution in [2.24, 2.45) is 0 Å². The van der Waals surface area contributed by atoms with Gasteiger partial charge < -0.3 is 19.7 Å². The Morgan fingerprint density at radius 2 is 1.88 bits per heavy atom. The number of rotatable bonds is 10. The molecule has 2 amide bonds. The van der Waals surface area contributed by atoms with Gasteiger partial charge in [0.05, 0.1) is 12.1 Å². The smallest absolute Gasteiger partial charge is 0.261 e. The van der Waals surface area contributed by atoms with Crippen LogP contribution in [0.25, 0.3) is 0 Å². The maximum Gasteiger partial charge on any atom is 0.261 e. The summed E-state index contributed by atoms with van der Waals surface area (Å²) in [4.78, 5) is 28.2. The molecule has 1 aliphatic carbocycles. The Morgan fingerprint density at radius 3 is 2.56 bits per heavy atom. The molecule has 34 heavy (non-hydrogen) atoms. The minimum absolute atomic E-state index is 0.129. The van der Waals surface area contributed by atoms with Crippen molar-refractivity contribution in [3.8, 4) is 11.5 Å². The zero-order chi connectivity index (χ0) is 24.5. The lowest BCUT2D eigenvalue weighted by Gasteiger charge is -2.32. The first kappa shape index (κ1) is 26.2. The average molecular weight is 507 g/mol. The van der Waals surface area contributed by atoms with Crippen LogP contribution in [0.2, 0.25) is 10.0 Å². The van der Waals surface area contributed by atoms with Gasteiger partial charge in [0.15, 0.2) is 6.61 Å². The first-order chi connectivity index (χ1) is 16.4. The number of hydrogen-bond acceptors (Lipinski definition) is 4. The van der Waals surface area contributed by atoms with Crippen molar-refractivity contribution in [3.63, 3.8) is 0 Å². The van der Waals surface area contributed by atoms with Gasteiger partial charge in [0.25, 0.3) is 5.91 Å². The zero-order valence-electron chi connectivity index (χ0n) is 19.7. The number of halogens is 2. The number of nitrogens with one attached hydrogen (secondary N) is 1. The minimum Gasteiger partial charge on any atom is -0.497 e. The molecule has 184 valence electrons. The molecule has 0 aliphatic heterocycles. The summed E-state index contributed by atoms with van der Waals surface area (Å²) in [6.45, 7) is 1.91. The SMILES string of the molecule is CC[C@@H](C(=O)NC1CCCCC1)N(Cc1cccc(OC)c1)C(=O)COc1ccc(Cl)cc1Cl. The van der Waals surface area contributed by atoms with E-state index in [0.29, 0.717) is 28.0 Å². The van der Waals surface area contributed by atoms with Crippen molar-refractivity contribution in [1.29, 1.82) is 0 Å². The number of carbonyl (C=O) groups excluding carboxylic acids is 2. The van der Waals surface area contributed by atoms with Gasteiger partial charge in [0.2, 0.25) is 5.91 Å². The van der Waals surface area contributed by atoms with Gasteiger partial charge in [-0.1, -0.05) is 61.5 Å². The molecule has 2 aromatic rings. The van der Waals surface area contributed by atoms with Crippen molar-refractivity contribution in [2.45, 2.75) is 64.1 Å². The predicted octanol–water partition coefficient (Wildman–Crippen LogP) is 5.64. The van der Waals surface area contributed by atoms with Crippen molar-refractivity contribution in [2.75, 3.05) is 13.7 Å². The van der Waals surface area contributed by atoms with Gasteiger partial charge >= 0.3 is 0 Å². The molecule has 2 aromatic carbocycles. The van der Waals surface area contributed by atoms with Crippen LogP contribution in [0.1, 0.15) is 51.0 Å². The molecule has 1 N–H and O–H groups in total. The van der Waals surface area contributed by atoms with Crippen LogP contribution in [0.4, 0.5) is 0 Å². The van der Waals surface area contributed by atoms with Gasteiger partial charge in [0.1, 0.15) is 17.5 Å². The van der Waals surface area contributed by atoms with Gasteiger partial charge in [-0.15, -0.1) is 0 Å². The molecule has 1 aliphatic rings. The van der Waals surface area contributed by atoms with Crippen LogP contribution in [0.5, 0.6) is 11.5 Å². The molecule has 8 heteroatoms. The molecule has 1 fully saturated rings. The van der Waals surface area contributed by atoms with Crippen molar-refractivity contribution >= 4 is 35.0 Å². The third-order valence-electron chi connectivity index (χ3n) is 6.07. The van der Waals surface area contributed by atoms with Crippen LogP contribution in [0.15, 0.2) is 42.5 Å². The normalized spacial score (nSPS) is 14.8. The van der Waals surface area contributed by atoms with Gasteiger partial charge in [-0.2, -0.15) is 0 Å². The van der Waals surface area contributed by atoms with Crippen LogP contribution in [0, 0.1) is 0 Å². The first-order valence-corrected chi connectivity index (χ1v) is 12.5. The second kappa shape index (κ2) is 12.9. The molecule has 0 saturated heterocycles. The molecule has 0 spiro atoms. The summed E-state index contributed by atoms with van der Waals surface area (Å²) in [5.41, 5.74) is 0.862. The Labute approximate surface area is 211 Å². The maximum absolute atomic E-state index is 13.4. The molecule has 1 atom stereocenters. The van der Waals surface area contributed by atoms with Crippen molar-refractivity contribution in [3.05, 3.63) is 58.1 Å². The highest BCUT2D eigenvalue weighted by Crippen LogP contribution is 2.28. The summed E-state index contributed by atoms with van der Waals surface area (Å²) in [5.74, 6) is 0.615. The van der Waals surface area contributed by atoms with Crippen LogP contribution in [-0.2, 0) is 16.1 Å². The molecule has 3 rings (SSSR count). The Morgan fingerprint density at radius 1 is 1.12 bits per heavy atom. The van der Waals surface area contributed by atoms with Crippen LogP contribution in [-0.4, -0.2) is 42.5 Å². The lowest BCUT2D eigenvalue weighted by atomic mass is 9.95. The molecular weight excluding hydrogens is 475 g/mol. The first-order valence-electron chi connectivity index (χ1n) is 11.7. The number of hydrogen-bond donors (Lipinski definition) is 1. The summed E-state index contributed by atoms with van der Waals surface area (Å²) >= 11 is 12.1. The highest BCUT2D eigenvalue weighted by atomic mass is 35.5. The standard InChI is InChI=1S/C26H32Cl2N2O4/c1-3-23(26(32)29-20-9-5-4-6-10-20)30(16-18-8-7-11-21(14-18)33-2)25(31)17-34-24-13-12-19(27)15-22(24)28/h7-8,11-15,20,23H,3-6,9-10,16-17H2,1-2H3,(H,29,32)/t23-/m0/s1. The minimum atomic E-state index is -0.620. The third kappa shape index (κ3) is 7.28. The average Bonchev–Trinajstić information content (AvgIpc) is 2.84. The number of methoxy groups -OCH3 is 1. The van der Waals surface area contributed by atoms with E-state index in [0.717, 1.165) is 31.2 Å². The van der Waals surface area contributed by atoms with E-state index in [1.54, 1.807) is 30.2 Å². The van der Waals surface area contributed by atoms with Crippen LogP contribution >= 0.6 is 23.2 Å². The van der Waals surface area contributed by atoms with Gasteiger partial charge in [-0.25, -0.2) is 0 Å². The van der Waals surface area contributed by atoms with E-state index in [1.807, 2.05) is 31.2 Å². The number of amides is 2. The molecule has 0 heterocycles. The molecule has 0 aromatic heterocycles. The fourth-order valence-corrected chi connectivity index (χ4v) is 4.71. The lowest BCUT2D eigenvalue weighted by molar-refractivity contribution is -0.143. The lowest BCUT2D eigenvalue weighted by Crippen LogP contribution is -2.52. The molecule has 0 radical (unpaired) electrons. The fraction of sp³-hybridized carbons (Fsp3) is 0.462. The van der Waals surface area contributed by atoms with E-state index in [-0.39, 0.29) is 31.0 Å². The summed E-state index contributed by atoms with van der Waals surface area (Å²) in [6.07, 6.45) is 5.87. The van der Waals surface area contributed by atoms with E-state index < -0.39 is 6.04 Å².